The van der Waals surface area contributed by atoms with Gasteiger partial charge in [-0.15, -0.1) is 0 Å². The van der Waals surface area contributed by atoms with Crippen LogP contribution in [0.3, 0.4) is 0 Å². The number of rotatable bonds is 3. The van der Waals surface area contributed by atoms with Crippen LogP contribution in [0.4, 0.5) is 0 Å². The first-order valence-corrected chi connectivity index (χ1v) is 5.97. The molecule has 4 heteroatoms. The van der Waals surface area contributed by atoms with Gasteiger partial charge in [0.1, 0.15) is 0 Å². The summed E-state index contributed by atoms with van der Waals surface area (Å²) in [6, 6.07) is 6.30. The lowest BCUT2D eigenvalue weighted by atomic mass is 10.2. The third kappa shape index (κ3) is 2.13. The first-order chi connectivity index (χ1) is 6.48. The summed E-state index contributed by atoms with van der Waals surface area (Å²) in [5.74, 6) is 0. The van der Waals surface area contributed by atoms with E-state index >= 15 is 0 Å². The van der Waals surface area contributed by atoms with Gasteiger partial charge in [-0.1, -0.05) is 12.1 Å². The van der Waals surface area contributed by atoms with Gasteiger partial charge in [-0.3, -0.25) is 0 Å². The number of benzene rings is 1. The molecule has 0 aliphatic carbocycles. The van der Waals surface area contributed by atoms with Crippen molar-refractivity contribution in [2.24, 2.45) is 0 Å². The molecule has 0 spiro atoms. The van der Waals surface area contributed by atoms with E-state index in [-0.39, 0.29) is 6.61 Å². The highest BCUT2D eigenvalue weighted by Gasteiger charge is 2.18. The van der Waals surface area contributed by atoms with E-state index in [0.717, 1.165) is 0 Å². The van der Waals surface area contributed by atoms with E-state index in [2.05, 4.69) is 0 Å². The van der Waals surface area contributed by atoms with E-state index in [1.165, 1.54) is 12.1 Å². The topological polar surface area (TPSA) is 54.4 Å². The fraction of sp³-hybridized carbons (Fsp3) is 0.400. The lowest BCUT2D eigenvalue weighted by Crippen LogP contribution is -2.13. The molecule has 0 fully saturated rings. The van der Waals surface area contributed by atoms with Crippen molar-refractivity contribution in [1.82, 2.24) is 0 Å². The van der Waals surface area contributed by atoms with Crippen LogP contribution in [-0.4, -0.2) is 18.8 Å². The van der Waals surface area contributed by atoms with Crippen molar-refractivity contribution >= 4 is 9.84 Å². The van der Waals surface area contributed by atoms with Gasteiger partial charge in [0.15, 0.2) is 9.84 Å². The zero-order valence-corrected chi connectivity index (χ0v) is 9.08. The van der Waals surface area contributed by atoms with Gasteiger partial charge >= 0.3 is 0 Å². The van der Waals surface area contributed by atoms with Crippen LogP contribution in [0.5, 0.6) is 0 Å². The Hall–Kier alpha value is -0.870. The van der Waals surface area contributed by atoms with E-state index in [1.54, 1.807) is 26.0 Å². The maximum Gasteiger partial charge on any atom is 0.180 e. The predicted octanol–water partition coefficient (Wildman–Crippen LogP) is 1.36. The summed E-state index contributed by atoms with van der Waals surface area (Å²) >= 11 is 0. The molecule has 78 valence electrons. The maximum atomic E-state index is 11.7. The van der Waals surface area contributed by atoms with Crippen LogP contribution in [-0.2, 0) is 16.4 Å². The van der Waals surface area contributed by atoms with Crippen LogP contribution < -0.4 is 0 Å². The van der Waals surface area contributed by atoms with Crippen LogP contribution in [0.25, 0.3) is 0 Å². The van der Waals surface area contributed by atoms with Gasteiger partial charge < -0.3 is 5.11 Å². The number of aliphatic hydroxyl groups is 1. The predicted molar refractivity (Wildman–Crippen MR) is 54.7 cm³/mol. The minimum atomic E-state index is -3.18. The average Bonchev–Trinajstić information content (AvgIpc) is 2.17. The SMILES string of the molecule is CC(C)S(=O)(=O)c1ccc(CO)cc1. The average molecular weight is 214 g/mol. The third-order valence-corrected chi connectivity index (χ3v) is 4.23. The largest absolute Gasteiger partial charge is 0.392 e. The molecule has 0 saturated carbocycles. The van der Waals surface area contributed by atoms with E-state index in [4.69, 9.17) is 5.11 Å². The molecule has 1 aromatic rings. The monoisotopic (exact) mass is 214 g/mol. The molecule has 1 rings (SSSR count). The lowest BCUT2D eigenvalue weighted by molar-refractivity contribution is 0.282. The summed E-state index contributed by atoms with van der Waals surface area (Å²) in [7, 11) is -3.18. The first kappa shape index (κ1) is 11.2. The van der Waals surface area contributed by atoms with Crippen LogP contribution in [0, 0.1) is 0 Å². The van der Waals surface area contributed by atoms with Crippen molar-refractivity contribution in [3.63, 3.8) is 0 Å². The highest BCUT2D eigenvalue weighted by molar-refractivity contribution is 7.92. The van der Waals surface area contributed by atoms with E-state index < -0.39 is 15.1 Å². The van der Waals surface area contributed by atoms with Crippen LogP contribution in [0.15, 0.2) is 29.2 Å². The summed E-state index contributed by atoms with van der Waals surface area (Å²) in [6.07, 6.45) is 0. The minimum absolute atomic E-state index is 0.0675. The Labute approximate surface area is 84.3 Å². The van der Waals surface area contributed by atoms with Gasteiger partial charge in [0.25, 0.3) is 0 Å². The van der Waals surface area contributed by atoms with E-state index in [1.807, 2.05) is 0 Å². The Morgan fingerprint density at radius 1 is 1.21 bits per heavy atom. The smallest absolute Gasteiger partial charge is 0.180 e. The van der Waals surface area contributed by atoms with Crippen LogP contribution >= 0.6 is 0 Å². The summed E-state index contributed by atoms with van der Waals surface area (Å²) < 4.78 is 23.3. The molecule has 0 aliphatic rings. The first-order valence-electron chi connectivity index (χ1n) is 4.42. The second-order valence-corrected chi connectivity index (χ2v) is 5.90. The molecule has 0 aromatic heterocycles. The third-order valence-electron chi connectivity index (χ3n) is 2.06. The van der Waals surface area contributed by atoms with Gasteiger partial charge in [0, 0.05) is 0 Å². The minimum Gasteiger partial charge on any atom is -0.392 e. The van der Waals surface area contributed by atoms with Crippen molar-refractivity contribution in [2.45, 2.75) is 30.6 Å². The summed E-state index contributed by atoms with van der Waals surface area (Å²) in [5, 5.41) is 8.38. The fourth-order valence-corrected chi connectivity index (χ4v) is 2.12. The van der Waals surface area contributed by atoms with E-state index in [0.29, 0.717) is 10.5 Å². The molecule has 0 aliphatic heterocycles. The Bertz CT molecular complexity index is 390. The van der Waals surface area contributed by atoms with Crippen molar-refractivity contribution in [3.05, 3.63) is 29.8 Å². The summed E-state index contributed by atoms with van der Waals surface area (Å²) in [5.41, 5.74) is 0.715. The zero-order chi connectivity index (χ0) is 10.8. The van der Waals surface area contributed by atoms with Gasteiger partial charge in [-0.2, -0.15) is 0 Å². The number of hydrogen-bond donors (Lipinski definition) is 1. The second kappa shape index (κ2) is 4.11. The Morgan fingerprint density at radius 3 is 2.07 bits per heavy atom. The highest BCUT2D eigenvalue weighted by Crippen LogP contribution is 2.16. The molecule has 0 atom stereocenters. The molecule has 14 heavy (non-hydrogen) atoms. The van der Waals surface area contributed by atoms with Gasteiger partial charge in [0.2, 0.25) is 0 Å². The normalized spacial score (nSPS) is 12.0. The van der Waals surface area contributed by atoms with E-state index in [9.17, 15) is 8.42 Å². The van der Waals surface area contributed by atoms with Crippen LogP contribution in [0.1, 0.15) is 19.4 Å². The van der Waals surface area contributed by atoms with Gasteiger partial charge in [-0.05, 0) is 31.5 Å². The number of sulfone groups is 1. The van der Waals surface area contributed by atoms with Crippen molar-refractivity contribution < 1.29 is 13.5 Å². The molecule has 0 amide bonds. The molecule has 0 unspecified atom stereocenters. The van der Waals surface area contributed by atoms with Crippen molar-refractivity contribution in [3.8, 4) is 0 Å². The van der Waals surface area contributed by atoms with Crippen LogP contribution in [0.2, 0.25) is 0 Å². The second-order valence-electron chi connectivity index (χ2n) is 3.40. The van der Waals surface area contributed by atoms with Gasteiger partial charge in [0.05, 0.1) is 16.8 Å². The zero-order valence-electron chi connectivity index (χ0n) is 8.27. The molecule has 3 nitrogen and oxygen atoms in total. The standard InChI is InChI=1S/C10H14O3S/c1-8(2)14(12,13)10-5-3-9(7-11)4-6-10/h3-6,8,11H,7H2,1-2H3. The molecule has 0 saturated heterocycles. The number of aliphatic hydroxyl groups excluding tert-OH is 1. The molecule has 0 heterocycles. The molecule has 1 N–H and O–H groups in total. The lowest BCUT2D eigenvalue weighted by Gasteiger charge is -2.07. The summed E-state index contributed by atoms with van der Waals surface area (Å²) in [4.78, 5) is 0.310. The molecule has 0 radical (unpaired) electrons. The Kier molecular flexibility index (Phi) is 3.29. The molecule has 1 aromatic carbocycles. The highest BCUT2D eigenvalue weighted by atomic mass is 32.2. The number of hydrogen-bond acceptors (Lipinski definition) is 3. The van der Waals surface area contributed by atoms with Gasteiger partial charge in [-0.25, -0.2) is 8.42 Å². The molecular formula is C10H14O3S. The molecular weight excluding hydrogens is 200 g/mol. The summed E-state index contributed by atoms with van der Waals surface area (Å²) in [6.45, 7) is 3.23. The molecule has 0 bridgehead atoms. The Morgan fingerprint density at radius 2 is 1.71 bits per heavy atom. The maximum absolute atomic E-state index is 11.7. The quantitative estimate of drug-likeness (QED) is 0.826. The fourth-order valence-electron chi connectivity index (χ4n) is 1.06. The van der Waals surface area contributed by atoms with Crippen molar-refractivity contribution in [2.75, 3.05) is 0 Å². The Balaban J connectivity index is 3.10. The van der Waals surface area contributed by atoms with Crippen molar-refractivity contribution in [1.29, 1.82) is 0 Å².